The lowest BCUT2D eigenvalue weighted by atomic mass is 9.93. The number of hydrogen-bond donors (Lipinski definition) is 2. The van der Waals surface area contributed by atoms with Gasteiger partial charge in [-0.1, -0.05) is 66.7 Å². The number of nitrogens with zero attached hydrogens (tertiary/aromatic N) is 2. The number of carboxylic acids is 1. The van der Waals surface area contributed by atoms with Gasteiger partial charge in [-0.25, -0.2) is 4.79 Å². The Balaban J connectivity index is 1.37. The maximum atomic E-state index is 12.7. The molecule has 1 aromatic heterocycles. The Morgan fingerprint density at radius 2 is 1.68 bits per heavy atom. The molecule has 1 fully saturated rings. The number of ether oxygens (including phenoxy) is 2. The van der Waals surface area contributed by atoms with Crippen LogP contribution >= 0.6 is 0 Å². The maximum absolute atomic E-state index is 12.7. The highest BCUT2D eigenvalue weighted by Gasteiger charge is 2.51. The molecule has 0 spiro atoms. The van der Waals surface area contributed by atoms with Crippen LogP contribution in [0.2, 0.25) is 0 Å². The number of rotatable bonds is 8. The first-order chi connectivity index (χ1) is 18.3. The zero-order chi connectivity index (χ0) is 26.9. The van der Waals surface area contributed by atoms with Gasteiger partial charge < -0.3 is 14.6 Å². The van der Waals surface area contributed by atoms with Crippen LogP contribution in [0.4, 0.5) is 10.6 Å². The van der Waals surface area contributed by atoms with E-state index in [0.29, 0.717) is 30.0 Å². The fourth-order valence-electron chi connectivity index (χ4n) is 4.69. The van der Waals surface area contributed by atoms with E-state index in [4.69, 9.17) is 9.47 Å². The molecular formula is C30H29N3O5. The average molecular weight is 512 g/mol. The summed E-state index contributed by atoms with van der Waals surface area (Å²) >= 11 is 0. The van der Waals surface area contributed by atoms with Crippen molar-refractivity contribution >= 4 is 17.9 Å². The Hall–Kier alpha value is -4.59. The summed E-state index contributed by atoms with van der Waals surface area (Å²) in [7, 11) is 3.35. The quantitative estimate of drug-likeness (QED) is 0.292. The number of carbonyl (C=O) groups excluding carboxylic acids is 1. The van der Waals surface area contributed by atoms with Crippen LogP contribution < -0.4 is 10.1 Å². The number of benzene rings is 3. The monoisotopic (exact) mass is 511 g/mol. The van der Waals surface area contributed by atoms with E-state index >= 15 is 0 Å². The third kappa shape index (κ3) is 4.72. The number of carboxylic acid groups (broad SMARTS) is 1. The molecule has 0 saturated heterocycles. The molecule has 0 radical (unpaired) electrons. The number of aryl methyl sites for hydroxylation is 1. The minimum atomic E-state index is -0.772. The standard InChI is InChI=1S/C30H29N3O5/c1-19(20-7-5-4-6-8-20)38-29(36)32-27-25(18-31-33(27)2)22-11-14-24(26(17-22)37-3)21-9-12-23(13-10-21)30(15-16-30)28(34)35/h4-14,17-19H,15-16H2,1-3H3,(H,32,36)(H,34,35)/t19-/m1/s1. The van der Waals surface area contributed by atoms with Crippen LogP contribution in [0, 0.1) is 0 Å². The van der Waals surface area contributed by atoms with Crippen LogP contribution in [0.3, 0.4) is 0 Å². The van der Waals surface area contributed by atoms with E-state index in [2.05, 4.69) is 10.4 Å². The number of aliphatic carboxylic acids is 1. The van der Waals surface area contributed by atoms with Crippen molar-refractivity contribution in [1.29, 1.82) is 0 Å². The molecule has 0 aliphatic heterocycles. The summed E-state index contributed by atoms with van der Waals surface area (Å²) in [6.07, 6.45) is 2.02. The minimum Gasteiger partial charge on any atom is -0.496 e. The molecule has 1 amide bonds. The number of aromatic nitrogens is 2. The lowest BCUT2D eigenvalue weighted by Gasteiger charge is -2.16. The molecule has 1 aliphatic rings. The van der Waals surface area contributed by atoms with Crippen molar-refractivity contribution in [1.82, 2.24) is 9.78 Å². The molecule has 3 aromatic carbocycles. The van der Waals surface area contributed by atoms with Gasteiger partial charge in [-0.15, -0.1) is 0 Å². The highest BCUT2D eigenvalue weighted by atomic mass is 16.6. The summed E-state index contributed by atoms with van der Waals surface area (Å²) in [6.45, 7) is 1.82. The molecular weight excluding hydrogens is 482 g/mol. The Labute approximate surface area is 220 Å². The molecule has 1 saturated carbocycles. The van der Waals surface area contributed by atoms with Crippen LogP contribution in [0.1, 0.15) is 37.0 Å². The minimum absolute atomic E-state index is 0.413. The summed E-state index contributed by atoms with van der Waals surface area (Å²) in [4.78, 5) is 24.4. The first-order valence-electron chi connectivity index (χ1n) is 12.4. The highest BCUT2D eigenvalue weighted by Crippen LogP contribution is 2.49. The van der Waals surface area contributed by atoms with Crippen LogP contribution in [0.15, 0.2) is 79.0 Å². The van der Waals surface area contributed by atoms with Crippen molar-refractivity contribution in [2.75, 3.05) is 12.4 Å². The molecule has 4 aromatic rings. The molecule has 8 nitrogen and oxygen atoms in total. The Bertz CT molecular complexity index is 1470. The lowest BCUT2D eigenvalue weighted by molar-refractivity contribution is -0.140. The van der Waals surface area contributed by atoms with Crippen molar-refractivity contribution < 1.29 is 24.2 Å². The zero-order valence-corrected chi connectivity index (χ0v) is 21.5. The molecule has 0 bridgehead atoms. The molecule has 0 unspecified atom stereocenters. The van der Waals surface area contributed by atoms with Gasteiger partial charge in [0.25, 0.3) is 0 Å². The predicted molar refractivity (Wildman–Crippen MR) is 144 cm³/mol. The van der Waals surface area contributed by atoms with Gasteiger partial charge in [0.05, 0.1) is 18.7 Å². The molecule has 38 heavy (non-hydrogen) atoms. The van der Waals surface area contributed by atoms with E-state index in [1.165, 1.54) is 0 Å². The number of hydrogen-bond acceptors (Lipinski definition) is 5. The molecule has 1 aliphatic carbocycles. The third-order valence-electron chi connectivity index (χ3n) is 7.13. The summed E-state index contributed by atoms with van der Waals surface area (Å²) in [6, 6.07) is 22.9. The largest absolute Gasteiger partial charge is 0.496 e. The number of amides is 1. The van der Waals surface area contributed by atoms with E-state index in [9.17, 15) is 14.7 Å². The van der Waals surface area contributed by atoms with Gasteiger partial charge in [-0.3, -0.25) is 14.8 Å². The molecule has 8 heteroatoms. The van der Waals surface area contributed by atoms with Gasteiger partial charge in [0.1, 0.15) is 17.7 Å². The van der Waals surface area contributed by atoms with Crippen molar-refractivity contribution in [3.8, 4) is 28.0 Å². The van der Waals surface area contributed by atoms with Crippen molar-refractivity contribution in [3.05, 3.63) is 90.1 Å². The predicted octanol–water partition coefficient (Wildman–Crippen LogP) is 6.19. The van der Waals surface area contributed by atoms with Crippen molar-refractivity contribution in [3.63, 3.8) is 0 Å². The Kier molecular flexibility index (Phi) is 6.63. The lowest BCUT2D eigenvalue weighted by Crippen LogP contribution is -2.19. The van der Waals surface area contributed by atoms with Crippen LogP contribution in [-0.4, -0.2) is 34.1 Å². The van der Waals surface area contributed by atoms with Gasteiger partial charge in [-0.05, 0) is 48.1 Å². The van der Waals surface area contributed by atoms with Crippen molar-refractivity contribution in [2.24, 2.45) is 7.05 Å². The second-order valence-corrected chi connectivity index (χ2v) is 9.49. The summed E-state index contributed by atoms with van der Waals surface area (Å²) in [5, 5.41) is 16.7. The van der Waals surface area contributed by atoms with Crippen LogP contribution in [-0.2, 0) is 22.0 Å². The Morgan fingerprint density at radius 1 is 1.00 bits per heavy atom. The second-order valence-electron chi connectivity index (χ2n) is 9.49. The second kappa shape index (κ2) is 10.0. The van der Waals surface area contributed by atoms with E-state index in [-0.39, 0.29) is 0 Å². The average Bonchev–Trinajstić information content (AvgIpc) is 3.68. The molecule has 1 atom stereocenters. The molecule has 5 rings (SSSR count). The van der Waals surface area contributed by atoms with Crippen molar-refractivity contribution in [2.45, 2.75) is 31.3 Å². The zero-order valence-electron chi connectivity index (χ0n) is 21.5. The van der Waals surface area contributed by atoms with Gasteiger partial charge >= 0.3 is 12.1 Å². The molecule has 1 heterocycles. The Morgan fingerprint density at radius 3 is 2.32 bits per heavy atom. The van der Waals surface area contributed by atoms with Crippen LogP contribution in [0.5, 0.6) is 5.75 Å². The maximum Gasteiger partial charge on any atom is 0.413 e. The first kappa shape index (κ1) is 25.1. The van der Waals surface area contributed by atoms with E-state index in [1.54, 1.807) is 25.0 Å². The smallest absolute Gasteiger partial charge is 0.413 e. The van der Waals surface area contributed by atoms with E-state index in [0.717, 1.165) is 27.8 Å². The van der Waals surface area contributed by atoms with Gasteiger partial charge in [0, 0.05) is 18.2 Å². The van der Waals surface area contributed by atoms with Crippen LogP contribution in [0.25, 0.3) is 22.3 Å². The van der Waals surface area contributed by atoms with Gasteiger partial charge in [-0.2, -0.15) is 5.10 Å². The summed E-state index contributed by atoms with van der Waals surface area (Å²) < 4.78 is 12.9. The summed E-state index contributed by atoms with van der Waals surface area (Å²) in [5.41, 5.74) is 4.30. The van der Waals surface area contributed by atoms with Gasteiger partial charge in [0.15, 0.2) is 0 Å². The van der Waals surface area contributed by atoms with E-state index in [1.807, 2.05) is 79.7 Å². The van der Waals surface area contributed by atoms with Gasteiger partial charge in [0.2, 0.25) is 0 Å². The molecule has 194 valence electrons. The SMILES string of the molecule is COc1cc(-c2cnn(C)c2NC(=O)O[C@H](C)c2ccccc2)ccc1-c1ccc(C2(C(=O)O)CC2)cc1. The fourth-order valence-corrected chi connectivity index (χ4v) is 4.69. The normalized spacial score (nSPS) is 14.4. The highest BCUT2D eigenvalue weighted by molar-refractivity contribution is 5.91. The number of nitrogens with one attached hydrogen (secondary N) is 1. The fraction of sp³-hybridized carbons (Fsp3) is 0.233. The number of anilines is 1. The number of carbonyl (C=O) groups is 2. The first-order valence-corrected chi connectivity index (χ1v) is 12.4. The molecule has 2 N–H and O–H groups in total. The number of methoxy groups -OCH3 is 1. The topological polar surface area (TPSA) is 103 Å². The van der Waals surface area contributed by atoms with E-state index < -0.39 is 23.6 Å². The third-order valence-corrected chi connectivity index (χ3v) is 7.13. The summed E-state index contributed by atoms with van der Waals surface area (Å²) in [5.74, 6) is 0.369.